The molecule has 0 bridgehead atoms. The highest BCUT2D eigenvalue weighted by Crippen LogP contribution is 2.68. The Bertz CT molecular complexity index is 1460. The van der Waals surface area contributed by atoms with Gasteiger partial charge in [-0.15, -0.1) is 11.3 Å². The highest BCUT2D eigenvalue weighted by molar-refractivity contribution is 8.24. The van der Waals surface area contributed by atoms with Crippen molar-refractivity contribution in [1.82, 2.24) is 10.3 Å². The Morgan fingerprint density at radius 3 is 2.58 bits per heavy atom. The molecular weight excluding hydrogens is 583 g/mol. The summed E-state index contributed by atoms with van der Waals surface area (Å²) in [7, 11) is 0. The fourth-order valence-corrected chi connectivity index (χ4v) is 8.82. The second kappa shape index (κ2) is 11.3. The summed E-state index contributed by atoms with van der Waals surface area (Å²) in [6.07, 6.45) is 3.88. The van der Waals surface area contributed by atoms with Crippen LogP contribution in [0.4, 0.5) is 5.13 Å². The summed E-state index contributed by atoms with van der Waals surface area (Å²) in [5, 5.41) is 18.2. The van der Waals surface area contributed by atoms with Gasteiger partial charge in [0.1, 0.15) is 6.04 Å². The maximum Gasteiger partial charge on any atom is 0.326 e. The lowest BCUT2D eigenvalue weighted by atomic mass is 9.90. The van der Waals surface area contributed by atoms with Crippen LogP contribution in [0.2, 0.25) is 0 Å². The Morgan fingerprint density at radius 2 is 1.93 bits per heavy atom. The average molecular weight is 612 g/mol. The quantitative estimate of drug-likeness (QED) is 0.241. The monoisotopic (exact) mass is 611 g/mol. The van der Waals surface area contributed by atoms with Crippen LogP contribution in [0.3, 0.4) is 0 Å². The van der Waals surface area contributed by atoms with Crippen molar-refractivity contribution < 1.29 is 19.5 Å². The van der Waals surface area contributed by atoms with Gasteiger partial charge < -0.3 is 15.7 Å². The smallest absolute Gasteiger partial charge is 0.326 e. The number of amides is 1. The van der Waals surface area contributed by atoms with E-state index in [-0.39, 0.29) is 23.0 Å². The van der Waals surface area contributed by atoms with E-state index in [1.54, 1.807) is 18.3 Å². The van der Waals surface area contributed by atoms with E-state index in [2.05, 4.69) is 29.5 Å². The molecule has 0 spiro atoms. The van der Waals surface area contributed by atoms with Crippen molar-refractivity contribution >= 4 is 74.1 Å². The number of anilines is 1. The lowest BCUT2D eigenvalue weighted by molar-refractivity contribution is -0.139. The van der Waals surface area contributed by atoms with Gasteiger partial charge in [0, 0.05) is 29.0 Å². The number of thiocarbonyl (C=S) groups is 1. The van der Waals surface area contributed by atoms with E-state index in [9.17, 15) is 19.5 Å². The number of nitrogens with zero attached hydrogens (tertiary/aromatic N) is 1. The normalized spacial score (nSPS) is 23.7. The van der Waals surface area contributed by atoms with Crippen molar-refractivity contribution in [3.05, 3.63) is 71.2 Å². The van der Waals surface area contributed by atoms with Gasteiger partial charge in [-0.1, -0.05) is 74.2 Å². The van der Waals surface area contributed by atoms with Crippen LogP contribution in [0.1, 0.15) is 36.2 Å². The molecule has 3 unspecified atom stereocenters. The Kier molecular flexibility index (Phi) is 8.11. The van der Waals surface area contributed by atoms with Gasteiger partial charge >= 0.3 is 5.97 Å². The Labute approximate surface area is 250 Å². The number of ketones is 1. The molecule has 1 aliphatic carbocycles. The molecule has 1 aliphatic heterocycles. The van der Waals surface area contributed by atoms with Crippen molar-refractivity contribution in [3.8, 4) is 11.1 Å². The number of Topliss-reactive ketones (excluding diaryl/α,β-unsaturated/α-hetero) is 1. The summed E-state index contributed by atoms with van der Waals surface area (Å²) < 4.78 is 0.778. The molecule has 3 N–H and O–H groups in total. The number of thiazole rings is 1. The molecule has 1 saturated heterocycles. The molecule has 7 nitrogen and oxygen atoms in total. The molecule has 4 atom stereocenters. The maximum absolute atomic E-state index is 14.3. The van der Waals surface area contributed by atoms with Crippen molar-refractivity contribution in [3.63, 3.8) is 0 Å². The number of carboxylic acids is 1. The molecule has 1 saturated carbocycles. The molecule has 3 aromatic rings. The first-order valence-corrected chi connectivity index (χ1v) is 16.3. The van der Waals surface area contributed by atoms with E-state index < -0.39 is 22.8 Å². The van der Waals surface area contributed by atoms with E-state index in [1.165, 1.54) is 34.9 Å². The molecule has 208 valence electrons. The number of fused-ring (bicyclic) bond motifs is 1. The molecule has 2 heterocycles. The average Bonchev–Trinajstić information content (AvgIpc) is 3.22. The first-order chi connectivity index (χ1) is 19.1. The third kappa shape index (κ3) is 5.20. The number of hydrogen-bond acceptors (Lipinski definition) is 9. The molecule has 2 aromatic carbocycles. The topological polar surface area (TPSA) is 108 Å². The lowest BCUT2D eigenvalue weighted by Gasteiger charge is -2.36. The fourth-order valence-electron chi connectivity index (χ4n) is 5.39. The minimum absolute atomic E-state index is 0.0375. The van der Waals surface area contributed by atoms with Gasteiger partial charge in [0.25, 0.3) is 5.91 Å². The number of hydrogen-bond donors (Lipinski definition) is 3. The second-order valence-corrected chi connectivity index (χ2v) is 14.3. The summed E-state index contributed by atoms with van der Waals surface area (Å²) in [6, 6.07) is 13.7. The molecule has 1 aromatic heterocycles. The molecule has 1 amide bonds. The number of rotatable bonds is 10. The van der Waals surface area contributed by atoms with Crippen LogP contribution in [-0.4, -0.2) is 50.0 Å². The number of benzene rings is 2. The van der Waals surface area contributed by atoms with Crippen LogP contribution in [-0.2, 0) is 14.5 Å². The zero-order valence-corrected chi connectivity index (χ0v) is 25.4. The summed E-state index contributed by atoms with van der Waals surface area (Å²) in [5.41, 5.74) is 2.14. The van der Waals surface area contributed by atoms with Crippen LogP contribution >= 0.6 is 47.1 Å². The number of carbonyl (C=O) groups is 3. The first-order valence-electron chi connectivity index (χ1n) is 12.8. The molecule has 40 heavy (non-hydrogen) atoms. The fraction of sp³-hybridized carbons (Fsp3) is 0.345. The zero-order valence-electron chi connectivity index (χ0n) is 22.2. The van der Waals surface area contributed by atoms with Crippen LogP contribution in [0.5, 0.6) is 0 Å². The van der Waals surface area contributed by atoms with E-state index in [1.807, 2.05) is 48.0 Å². The second-order valence-electron chi connectivity index (χ2n) is 10.5. The summed E-state index contributed by atoms with van der Waals surface area (Å²) in [5.74, 6) is -1.10. The maximum atomic E-state index is 14.3. The molecule has 11 heteroatoms. The Morgan fingerprint density at radius 1 is 1.18 bits per heavy atom. The van der Waals surface area contributed by atoms with Gasteiger partial charge in [-0.05, 0) is 52.7 Å². The predicted molar refractivity (Wildman–Crippen MR) is 167 cm³/mol. The minimum atomic E-state index is -1.22. The Hall–Kier alpha value is -2.73. The molecular formula is C29H29N3O4S4. The molecule has 2 aliphatic rings. The number of nitrogens with one attached hydrogen (secondary N) is 2. The third-order valence-electron chi connectivity index (χ3n) is 7.65. The summed E-state index contributed by atoms with van der Waals surface area (Å²) in [6.45, 7) is 4.15. The highest BCUT2D eigenvalue weighted by atomic mass is 32.2. The van der Waals surface area contributed by atoms with E-state index >= 15 is 0 Å². The third-order valence-corrected chi connectivity index (χ3v) is 10.8. The lowest BCUT2D eigenvalue weighted by Crippen LogP contribution is -2.45. The molecule has 0 radical (unpaired) electrons. The van der Waals surface area contributed by atoms with Crippen LogP contribution in [0.25, 0.3) is 11.1 Å². The van der Waals surface area contributed by atoms with Crippen LogP contribution in [0, 0.1) is 17.3 Å². The van der Waals surface area contributed by atoms with E-state index in [4.69, 9.17) is 12.2 Å². The number of carbonyl (C=O) groups excluding carboxylic acids is 2. The number of thioether (sulfide) groups is 2. The van der Waals surface area contributed by atoms with E-state index in [0.717, 1.165) is 9.76 Å². The van der Waals surface area contributed by atoms with Crippen molar-refractivity contribution in [2.75, 3.05) is 17.3 Å². The number of carboxylic acid groups (broad SMARTS) is 1. The first kappa shape index (κ1) is 28.8. The van der Waals surface area contributed by atoms with Gasteiger partial charge in [-0.25, -0.2) is 9.78 Å². The number of aromatic nitrogens is 1. The van der Waals surface area contributed by atoms with Gasteiger partial charge in [0.15, 0.2) is 15.8 Å². The van der Waals surface area contributed by atoms with Gasteiger partial charge in [0.05, 0.1) is 4.20 Å². The SMILES string of the molecule is CSCC[C@H](NC(=O)c1ccc(C2(Nc3nccs3)SC(=S)C3C(C2=O)C3(C)C)cc1-c1ccccc1)C(=O)O. The summed E-state index contributed by atoms with van der Waals surface area (Å²) in [4.78, 5) is 42.8. The zero-order chi connectivity index (χ0) is 28.7. The Balaban J connectivity index is 1.61. The van der Waals surface area contributed by atoms with Gasteiger partial charge in [0.2, 0.25) is 0 Å². The van der Waals surface area contributed by atoms with Crippen LogP contribution < -0.4 is 10.6 Å². The van der Waals surface area contributed by atoms with Crippen molar-refractivity contribution in [2.24, 2.45) is 17.3 Å². The largest absolute Gasteiger partial charge is 0.480 e. The van der Waals surface area contributed by atoms with Crippen molar-refractivity contribution in [2.45, 2.75) is 31.2 Å². The van der Waals surface area contributed by atoms with Gasteiger partial charge in [-0.3, -0.25) is 9.59 Å². The van der Waals surface area contributed by atoms with Gasteiger partial charge in [-0.2, -0.15) is 11.8 Å². The summed E-state index contributed by atoms with van der Waals surface area (Å²) >= 11 is 10.1. The molecule has 5 rings (SSSR count). The van der Waals surface area contributed by atoms with Crippen LogP contribution in [0.15, 0.2) is 60.1 Å². The molecule has 2 fully saturated rings. The predicted octanol–water partition coefficient (Wildman–Crippen LogP) is 5.93. The van der Waals surface area contributed by atoms with Crippen molar-refractivity contribution in [1.29, 1.82) is 0 Å². The minimum Gasteiger partial charge on any atom is -0.480 e. The van der Waals surface area contributed by atoms with E-state index in [0.29, 0.717) is 34.0 Å². The number of aliphatic carboxylic acids is 1. The highest BCUT2D eigenvalue weighted by Gasteiger charge is 2.71. The standard InChI is InChI=1S/C29H29N3O4S4/c1-28(2)21-22(28)26(37)40-29(23(21)33,32-27-30-12-14-39-27)17-9-10-18(19(15-17)16-7-5-4-6-8-16)24(34)31-20(25(35)36)11-13-38-3/h4-10,12,14-15,20-22H,11,13H2,1-3H3,(H,30,32)(H,31,34)(H,35,36)/t20-,21?,22?,29?/m0/s1.